The molecule has 0 unspecified atom stereocenters. The molecule has 148 valence electrons. The number of oxazole rings is 1. The molecule has 1 heterocycles. The summed E-state index contributed by atoms with van der Waals surface area (Å²) in [4.78, 5) is 16.5. The van der Waals surface area contributed by atoms with Gasteiger partial charge < -0.3 is 9.15 Å². The summed E-state index contributed by atoms with van der Waals surface area (Å²) in [5.74, 6) is -0.450. The summed E-state index contributed by atoms with van der Waals surface area (Å²) >= 11 is 6.08. The van der Waals surface area contributed by atoms with E-state index in [9.17, 15) is 13.2 Å². The highest BCUT2D eigenvalue weighted by Gasteiger charge is 2.26. The predicted molar refractivity (Wildman–Crippen MR) is 105 cm³/mol. The molecule has 3 aromatic rings. The largest absolute Gasteiger partial charge is 0.452 e. The van der Waals surface area contributed by atoms with Gasteiger partial charge in [0.05, 0.1) is 10.6 Å². The van der Waals surface area contributed by atoms with Gasteiger partial charge in [-0.15, -0.1) is 0 Å². The topological polar surface area (TPSA) is 89.7 Å². The second-order valence-corrected chi connectivity index (χ2v) is 8.20. The quantitative estimate of drug-likeness (QED) is 0.537. The lowest BCUT2D eigenvalue weighted by molar-refractivity contribution is 0.0440. The maximum absolute atomic E-state index is 12.7. The Labute approximate surface area is 167 Å². The van der Waals surface area contributed by atoms with Crippen LogP contribution < -0.4 is 0 Å². The van der Waals surface area contributed by atoms with Crippen LogP contribution in [-0.4, -0.2) is 36.8 Å². The second kappa shape index (κ2) is 8.30. The molecule has 0 amide bonds. The minimum atomic E-state index is -3.81. The molecular formula is C19H19ClN2O5S. The number of fused-ring (bicyclic) bond motifs is 1. The van der Waals surface area contributed by atoms with Crippen LogP contribution in [0.3, 0.4) is 0 Å². The van der Waals surface area contributed by atoms with Crippen LogP contribution in [0.1, 0.15) is 30.1 Å². The van der Waals surface area contributed by atoms with Crippen LogP contribution in [0, 0.1) is 0 Å². The average Bonchev–Trinajstić information content (AvgIpc) is 3.10. The van der Waals surface area contributed by atoms with Gasteiger partial charge in [-0.05, 0) is 30.3 Å². The van der Waals surface area contributed by atoms with Crippen LogP contribution in [0.25, 0.3) is 11.1 Å². The maximum Gasteiger partial charge on any atom is 0.338 e. The SMILES string of the molecule is CCN(CC)S(=O)(=O)c1cc(C(=O)OCc2nc3ccccc3o2)ccc1Cl. The molecule has 2 aromatic carbocycles. The van der Waals surface area contributed by atoms with Crippen molar-refractivity contribution in [1.82, 2.24) is 9.29 Å². The van der Waals surface area contributed by atoms with Crippen molar-refractivity contribution in [2.75, 3.05) is 13.1 Å². The van der Waals surface area contributed by atoms with Gasteiger partial charge in [0.2, 0.25) is 15.9 Å². The Kier molecular flexibility index (Phi) is 6.02. The fourth-order valence-electron chi connectivity index (χ4n) is 2.72. The zero-order valence-corrected chi connectivity index (χ0v) is 17.0. The summed E-state index contributed by atoms with van der Waals surface area (Å²) in [7, 11) is -3.81. The van der Waals surface area contributed by atoms with Crippen LogP contribution in [0.2, 0.25) is 5.02 Å². The van der Waals surface area contributed by atoms with Crippen molar-refractivity contribution >= 4 is 38.7 Å². The third kappa shape index (κ3) is 4.04. The molecule has 1 aromatic heterocycles. The number of sulfonamides is 1. The number of halogens is 1. The van der Waals surface area contributed by atoms with Gasteiger partial charge in [-0.1, -0.05) is 37.6 Å². The van der Waals surface area contributed by atoms with Gasteiger partial charge >= 0.3 is 5.97 Å². The number of hydrogen-bond acceptors (Lipinski definition) is 6. The van der Waals surface area contributed by atoms with Crippen molar-refractivity contribution in [3.05, 3.63) is 58.9 Å². The standard InChI is InChI=1S/C19H19ClN2O5S/c1-3-22(4-2)28(24,25)17-11-13(9-10-14(17)20)19(23)26-12-18-21-15-7-5-6-8-16(15)27-18/h5-11H,3-4,12H2,1-2H3. The van der Waals surface area contributed by atoms with E-state index in [2.05, 4.69) is 4.98 Å². The summed E-state index contributed by atoms with van der Waals surface area (Å²) in [5, 5.41) is 0.0439. The van der Waals surface area contributed by atoms with Gasteiger partial charge in [-0.25, -0.2) is 18.2 Å². The monoisotopic (exact) mass is 422 g/mol. The molecule has 0 atom stereocenters. The van der Waals surface area contributed by atoms with E-state index < -0.39 is 16.0 Å². The third-order valence-corrected chi connectivity index (χ3v) is 6.69. The Morgan fingerprint density at radius 3 is 2.57 bits per heavy atom. The minimum Gasteiger partial charge on any atom is -0.452 e. The molecule has 3 rings (SSSR count). The third-order valence-electron chi connectivity index (χ3n) is 4.16. The molecule has 28 heavy (non-hydrogen) atoms. The van der Waals surface area contributed by atoms with Crippen LogP contribution >= 0.6 is 11.6 Å². The second-order valence-electron chi connectivity index (χ2n) is 5.89. The van der Waals surface area contributed by atoms with Crippen LogP contribution in [-0.2, 0) is 21.4 Å². The molecule has 0 saturated carbocycles. The number of benzene rings is 2. The lowest BCUT2D eigenvalue weighted by atomic mass is 10.2. The molecular weight excluding hydrogens is 404 g/mol. The van der Waals surface area contributed by atoms with Gasteiger partial charge in [0.15, 0.2) is 12.2 Å². The first-order chi connectivity index (χ1) is 13.4. The highest BCUT2D eigenvalue weighted by atomic mass is 35.5. The zero-order valence-electron chi connectivity index (χ0n) is 15.4. The van der Waals surface area contributed by atoms with Gasteiger partial charge in [0.25, 0.3) is 0 Å². The van der Waals surface area contributed by atoms with Crippen molar-refractivity contribution in [2.24, 2.45) is 0 Å². The lowest BCUT2D eigenvalue weighted by Gasteiger charge is -2.19. The van der Waals surface area contributed by atoms with Gasteiger partial charge in [-0.3, -0.25) is 0 Å². The first-order valence-electron chi connectivity index (χ1n) is 8.68. The summed E-state index contributed by atoms with van der Waals surface area (Å²) in [5.41, 5.74) is 1.33. The van der Waals surface area contributed by atoms with E-state index in [-0.39, 0.29) is 28.0 Å². The van der Waals surface area contributed by atoms with Crippen molar-refractivity contribution in [1.29, 1.82) is 0 Å². The molecule has 0 radical (unpaired) electrons. The fourth-order valence-corrected chi connectivity index (χ4v) is 4.68. The number of rotatable bonds is 7. The number of esters is 1. The number of aromatic nitrogens is 1. The molecule has 0 spiro atoms. The Morgan fingerprint density at radius 2 is 1.89 bits per heavy atom. The average molecular weight is 423 g/mol. The van der Waals surface area contributed by atoms with Gasteiger partial charge in [0.1, 0.15) is 10.4 Å². The summed E-state index contributed by atoms with van der Waals surface area (Å²) in [6.07, 6.45) is 0. The van der Waals surface area contributed by atoms with Crippen LogP contribution in [0.5, 0.6) is 0 Å². The zero-order chi connectivity index (χ0) is 20.3. The van der Waals surface area contributed by atoms with Gasteiger partial charge in [0, 0.05) is 13.1 Å². The molecule has 7 nitrogen and oxygen atoms in total. The van der Waals surface area contributed by atoms with E-state index in [0.29, 0.717) is 24.2 Å². The Bertz CT molecular complexity index is 1070. The van der Waals surface area contributed by atoms with Crippen molar-refractivity contribution < 1.29 is 22.4 Å². The number of carbonyl (C=O) groups excluding carboxylic acids is 1. The lowest BCUT2D eigenvalue weighted by Crippen LogP contribution is -2.31. The first kappa shape index (κ1) is 20.3. The Balaban J connectivity index is 1.80. The van der Waals surface area contributed by atoms with Crippen LogP contribution in [0.15, 0.2) is 51.8 Å². The summed E-state index contributed by atoms with van der Waals surface area (Å²) in [6, 6.07) is 11.2. The van der Waals surface area contributed by atoms with Crippen molar-refractivity contribution in [3.63, 3.8) is 0 Å². The molecule has 9 heteroatoms. The number of carbonyl (C=O) groups is 1. The molecule has 0 bridgehead atoms. The van der Waals surface area contributed by atoms with E-state index >= 15 is 0 Å². The minimum absolute atomic E-state index is 0.0439. The number of hydrogen-bond donors (Lipinski definition) is 0. The van der Waals surface area contributed by atoms with E-state index in [4.69, 9.17) is 20.8 Å². The molecule has 0 N–H and O–H groups in total. The van der Waals surface area contributed by atoms with Gasteiger partial charge in [-0.2, -0.15) is 4.31 Å². The number of para-hydroxylation sites is 2. The van der Waals surface area contributed by atoms with E-state index in [1.165, 1.54) is 22.5 Å². The summed E-state index contributed by atoms with van der Waals surface area (Å²) < 4.78 is 37.4. The van der Waals surface area contributed by atoms with E-state index in [0.717, 1.165) is 0 Å². The van der Waals surface area contributed by atoms with E-state index in [1.807, 2.05) is 12.1 Å². The number of ether oxygens (including phenoxy) is 1. The molecule has 0 aliphatic heterocycles. The smallest absolute Gasteiger partial charge is 0.338 e. The summed E-state index contributed by atoms with van der Waals surface area (Å²) in [6.45, 7) is 3.87. The predicted octanol–water partition coefficient (Wildman–Crippen LogP) is 3.87. The van der Waals surface area contributed by atoms with Crippen LogP contribution in [0.4, 0.5) is 0 Å². The number of nitrogens with zero attached hydrogens (tertiary/aromatic N) is 2. The molecule has 0 aliphatic carbocycles. The first-order valence-corrected chi connectivity index (χ1v) is 10.5. The fraction of sp³-hybridized carbons (Fsp3) is 0.263. The van der Waals surface area contributed by atoms with E-state index in [1.54, 1.807) is 26.0 Å². The molecule has 0 saturated heterocycles. The Hall–Kier alpha value is -2.42. The van der Waals surface area contributed by atoms with Crippen molar-refractivity contribution in [2.45, 2.75) is 25.3 Å². The highest BCUT2D eigenvalue weighted by Crippen LogP contribution is 2.26. The Morgan fingerprint density at radius 1 is 1.18 bits per heavy atom. The van der Waals surface area contributed by atoms with Crippen molar-refractivity contribution in [3.8, 4) is 0 Å². The highest BCUT2D eigenvalue weighted by molar-refractivity contribution is 7.89. The normalized spacial score (nSPS) is 11.9. The maximum atomic E-state index is 12.7. The molecule has 0 aliphatic rings. The molecule has 0 fully saturated rings.